The Bertz CT molecular complexity index is 900. The average Bonchev–Trinajstić information content (AvgIpc) is 2.82. The molecule has 1 aliphatic rings. The van der Waals surface area contributed by atoms with Gasteiger partial charge in [0.15, 0.2) is 11.5 Å². The molecule has 0 fully saturated rings. The molecule has 3 aromatic carbocycles. The van der Waals surface area contributed by atoms with Gasteiger partial charge < -0.3 is 14.8 Å². The topological polar surface area (TPSA) is 30.5 Å². The highest BCUT2D eigenvalue weighted by Crippen LogP contribution is 2.34. The lowest BCUT2D eigenvalue weighted by Gasteiger charge is -2.27. The second-order valence-corrected chi connectivity index (χ2v) is 8.03. The van der Waals surface area contributed by atoms with E-state index in [0.717, 1.165) is 43.7 Å². The molecule has 0 bridgehead atoms. The Morgan fingerprint density at radius 1 is 0.833 bits per heavy atom. The molecule has 1 N–H and O–H groups in total. The first-order chi connectivity index (χ1) is 14.8. The van der Waals surface area contributed by atoms with Gasteiger partial charge in [-0.05, 0) is 66.6 Å². The minimum atomic E-state index is 0.417. The smallest absolute Gasteiger partial charge is 0.161 e. The number of benzene rings is 3. The summed E-state index contributed by atoms with van der Waals surface area (Å²) >= 11 is 0. The summed E-state index contributed by atoms with van der Waals surface area (Å²) in [6.07, 6.45) is 4.36. The highest BCUT2D eigenvalue weighted by atomic mass is 16.5. The lowest BCUT2D eigenvalue weighted by Crippen LogP contribution is -2.35. The van der Waals surface area contributed by atoms with Gasteiger partial charge >= 0.3 is 0 Å². The number of methoxy groups -OCH3 is 2. The van der Waals surface area contributed by atoms with Gasteiger partial charge in [-0.25, -0.2) is 0 Å². The quantitative estimate of drug-likeness (QED) is 0.550. The molecule has 30 heavy (non-hydrogen) atoms. The standard InChI is InChI=1S/C27H31NO2/c1-29-26-18-22-13-14-24(17-23(22)19-27(26)30-2)28-16-15-25(20-9-5-3-6-10-20)21-11-7-4-8-12-21/h3-12,18-19,24-25,28H,13-17H2,1-2H3/t24-/m1/s1. The third-order valence-corrected chi connectivity index (χ3v) is 6.20. The number of fused-ring (bicyclic) bond motifs is 1. The van der Waals surface area contributed by atoms with Crippen molar-refractivity contribution in [1.82, 2.24) is 5.32 Å². The molecule has 3 aromatic rings. The summed E-state index contributed by atoms with van der Waals surface area (Å²) in [6.45, 7) is 1.00. The van der Waals surface area contributed by atoms with Gasteiger partial charge in [0.2, 0.25) is 0 Å². The molecule has 0 spiro atoms. The summed E-state index contributed by atoms with van der Waals surface area (Å²) in [5.74, 6) is 2.07. The molecular formula is C27H31NO2. The average molecular weight is 402 g/mol. The molecule has 0 aliphatic heterocycles. The molecule has 0 saturated carbocycles. The maximum Gasteiger partial charge on any atom is 0.161 e. The minimum Gasteiger partial charge on any atom is -0.493 e. The van der Waals surface area contributed by atoms with E-state index in [1.807, 2.05) is 0 Å². The molecule has 0 heterocycles. The summed E-state index contributed by atoms with van der Waals surface area (Å²) in [4.78, 5) is 0. The molecule has 3 heteroatoms. The first-order valence-corrected chi connectivity index (χ1v) is 10.9. The number of rotatable bonds is 8. The van der Waals surface area contributed by atoms with Crippen molar-refractivity contribution in [2.45, 2.75) is 37.6 Å². The van der Waals surface area contributed by atoms with Crippen molar-refractivity contribution in [2.24, 2.45) is 0 Å². The van der Waals surface area contributed by atoms with Crippen LogP contribution in [0.1, 0.15) is 41.0 Å². The Hall–Kier alpha value is -2.78. The molecule has 0 radical (unpaired) electrons. The van der Waals surface area contributed by atoms with E-state index in [-0.39, 0.29) is 0 Å². The Morgan fingerprint density at radius 2 is 1.40 bits per heavy atom. The van der Waals surface area contributed by atoms with Crippen molar-refractivity contribution in [1.29, 1.82) is 0 Å². The van der Waals surface area contributed by atoms with E-state index >= 15 is 0 Å². The fraction of sp³-hybridized carbons (Fsp3) is 0.333. The summed E-state index contributed by atoms with van der Waals surface area (Å²) in [5.41, 5.74) is 5.53. The van der Waals surface area contributed by atoms with Crippen LogP contribution in [0.3, 0.4) is 0 Å². The summed E-state index contributed by atoms with van der Waals surface area (Å²) in [5, 5.41) is 3.83. The van der Waals surface area contributed by atoms with Gasteiger partial charge in [-0.15, -0.1) is 0 Å². The van der Waals surface area contributed by atoms with Gasteiger partial charge in [0, 0.05) is 12.0 Å². The maximum atomic E-state index is 5.50. The molecule has 0 aromatic heterocycles. The normalized spacial score (nSPS) is 15.6. The van der Waals surface area contributed by atoms with Crippen LogP contribution in [-0.2, 0) is 12.8 Å². The number of nitrogens with one attached hydrogen (secondary N) is 1. The van der Waals surface area contributed by atoms with Crippen molar-refractivity contribution in [3.63, 3.8) is 0 Å². The van der Waals surface area contributed by atoms with Crippen LogP contribution in [0.2, 0.25) is 0 Å². The van der Waals surface area contributed by atoms with Crippen LogP contribution in [0.5, 0.6) is 11.5 Å². The van der Waals surface area contributed by atoms with Crippen molar-refractivity contribution in [3.8, 4) is 11.5 Å². The van der Waals surface area contributed by atoms with E-state index in [0.29, 0.717) is 12.0 Å². The van der Waals surface area contributed by atoms with Crippen molar-refractivity contribution in [2.75, 3.05) is 20.8 Å². The van der Waals surface area contributed by atoms with Crippen molar-refractivity contribution < 1.29 is 9.47 Å². The third kappa shape index (κ3) is 4.68. The van der Waals surface area contributed by atoms with E-state index in [4.69, 9.17) is 9.47 Å². The molecule has 4 rings (SSSR count). The summed E-state index contributed by atoms with van der Waals surface area (Å²) in [6, 6.07) is 26.5. The van der Waals surface area contributed by atoms with Gasteiger partial charge in [0.1, 0.15) is 0 Å². The van der Waals surface area contributed by atoms with Gasteiger partial charge in [-0.2, -0.15) is 0 Å². The van der Waals surface area contributed by atoms with E-state index < -0.39 is 0 Å². The van der Waals surface area contributed by atoms with Gasteiger partial charge in [0.25, 0.3) is 0 Å². The van der Waals surface area contributed by atoms with Gasteiger partial charge in [-0.1, -0.05) is 60.7 Å². The number of hydrogen-bond acceptors (Lipinski definition) is 3. The second-order valence-electron chi connectivity index (χ2n) is 8.03. The number of hydrogen-bond donors (Lipinski definition) is 1. The first-order valence-electron chi connectivity index (χ1n) is 10.9. The summed E-state index contributed by atoms with van der Waals surface area (Å²) < 4.78 is 11.0. The third-order valence-electron chi connectivity index (χ3n) is 6.20. The molecule has 0 saturated heterocycles. The number of ether oxygens (including phenoxy) is 2. The van der Waals surface area contributed by atoms with Crippen LogP contribution < -0.4 is 14.8 Å². The molecule has 3 nitrogen and oxygen atoms in total. The SMILES string of the molecule is COc1cc2c(cc1OC)C[C@H](NCCC(c1ccccc1)c1ccccc1)CC2. The van der Waals surface area contributed by atoms with Crippen LogP contribution in [0, 0.1) is 0 Å². The molecule has 1 aliphatic carbocycles. The van der Waals surface area contributed by atoms with Crippen LogP contribution in [0.25, 0.3) is 0 Å². The first kappa shape index (κ1) is 20.5. The van der Waals surface area contributed by atoms with E-state index in [1.54, 1.807) is 14.2 Å². The van der Waals surface area contributed by atoms with Crippen molar-refractivity contribution >= 4 is 0 Å². The molecule has 1 atom stereocenters. The van der Waals surface area contributed by atoms with Crippen LogP contribution >= 0.6 is 0 Å². The van der Waals surface area contributed by atoms with Crippen LogP contribution in [0.15, 0.2) is 72.8 Å². The molecule has 0 amide bonds. The second kappa shape index (κ2) is 9.82. The maximum absolute atomic E-state index is 5.50. The van der Waals surface area contributed by atoms with Gasteiger partial charge in [-0.3, -0.25) is 0 Å². The fourth-order valence-electron chi connectivity index (χ4n) is 4.59. The highest BCUT2D eigenvalue weighted by Gasteiger charge is 2.21. The lowest BCUT2D eigenvalue weighted by molar-refractivity contribution is 0.352. The Morgan fingerprint density at radius 3 is 1.97 bits per heavy atom. The Kier molecular flexibility index (Phi) is 6.70. The summed E-state index contributed by atoms with van der Waals surface area (Å²) in [7, 11) is 3.41. The predicted molar refractivity (Wildman–Crippen MR) is 123 cm³/mol. The van der Waals surface area contributed by atoms with Crippen LogP contribution in [0.4, 0.5) is 0 Å². The van der Waals surface area contributed by atoms with E-state index in [9.17, 15) is 0 Å². The molecular weight excluding hydrogens is 370 g/mol. The fourth-order valence-corrected chi connectivity index (χ4v) is 4.59. The van der Waals surface area contributed by atoms with Gasteiger partial charge in [0.05, 0.1) is 14.2 Å². The zero-order chi connectivity index (χ0) is 20.8. The van der Waals surface area contributed by atoms with E-state index in [2.05, 4.69) is 78.1 Å². The monoisotopic (exact) mass is 401 g/mol. The Balaban J connectivity index is 1.41. The largest absolute Gasteiger partial charge is 0.493 e. The minimum absolute atomic E-state index is 0.417. The predicted octanol–water partition coefficient (Wildman–Crippen LogP) is 5.37. The van der Waals surface area contributed by atoms with Crippen LogP contribution in [-0.4, -0.2) is 26.8 Å². The Labute approximate surface area is 180 Å². The molecule has 156 valence electrons. The molecule has 0 unspecified atom stereocenters. The zero-order valence-corrected chi connectivity index (χ0v) is 17.9. The zero-order valence-electron chi connectivity index (χ0n) is 17.9. The lowest BCUT2D eigenvalue weighted by atomic mass is 9.86. The highest BCUT2D eigenvalue weighted by molar-refractivity contribution is 5.48. The number of aryl methyl sites for hydroxylation is 1. The van der Waals surface area contributed by atoms with E-state index in [1.165, 1.54) is 22.3 Å². The van der Waals surface area contributed by atoms with Crippen molar-refractivity contribution in [3.05, 3.63) is 95.1 Å².